The average molecular weight is 242 g/mol. The molecule has 1 aromatic carbocycles. The normalized spacial score (nSPS) is 14.3. The second-order valence-electron chi connectivity index (χ2n) is 4.78. The van der Waals surface area contributed by atoms with E-state index in [-0.39, 0.29) is 0 Å². The van der Waals surface area contributed by atoms with Crippen LogP contribution in [0.1, 0.15) is 11.4 Å². The highest BCUT2D eigenvalue weighted by Gasteiger charge is 2.21. The number of imidazole rings is 1. The van der Waals surface area contributed by atoms with Crippen molar-refractivity contribution in [3.05, 3.63) is 41.7 Å². The third-order valence-electron chi connectivity index (χ3n) is 3.29. The molecule has 0 atom stereocenters. The van der Waals surface area contributed by atoms with Gasteiger partial charge in [0, 0.05) is 39.2 Å². The maximum absolute atomic E-state index is 4.80. The number of nitrogens with zero attached hydrogens (tertiary/aromatic N) is 3. The summed E-state index contributed by atoms with van der Waals surface area (Å²) >= 11 is 0. The molecule has 1 N–H and O–H groups in total. The van der Waals surface area contributed by atoms with Crippen LogP contribution in [-0.2, 0) is 13.0 Å². The monoisotopic (exact) mass is 242 g/mol. The van der Waals surface area contributed by atoms with Crippen LogP contribution < -0.4 is 10.3 Å². The van der Waals surface area contributed by atoms with Crippen molar-refractivity contribution in [1.82, 2.24) is 15.0 Å². The Balaban J connectivity index is 2.17. The van der Waals surface area contributed by atoms with Crippen LogP contribution in [0.5, 0.6) is 0 Å². The average Bonchev–Trinajstić information content (AvgIpc) is 2.79. The molecule has 4 nitrogen and oxygen atoms in total. The van der Waals surface area contributed by atoms with Gasteiger partial charge in [0.25, 0.3) is 0 Å². The molecule has 1 aliphatic heterocycles. The van der Waals surface area contributed by atoms with E-state index >= 15 is 0 Å². The van der Waals surface area contributed by atoms with Crippen LogP contribution >= 0.6 is 0 Å². The maximum Gasteiger partial charge on any atom is 0.159 e. The number of hydrogen-bond donors (Lipinski definition) is 1. The zero-order valence-electron chi connectivity index (χ0n) is 10.8. The SMILES string of the molecule is CN(C)n1c(-c2ccccc2)nc2c1CCNC2. The van der Waals surface area contributed by atoms with Crippen LogP contribution in [0, 0.1) is 0 Å². The molecular weight excluding hydrogens is 224 g/mol. The number of hydrogen-bond acceptors (Lipinski definition) is 3. The van der Waals surface area contributed by atoms with E-state index in [0.717, 1.165) is 25.3 Å². The van der Waals surface area contributed by atoms with Gasteiger partial charge in [-0.2, -0.15) is 0 Å². The number of fused-ring (bicyclic) bond motifs is 1. The van der Waals surface area contributed by atoms with Crippen molar-refractivity contribution >= 4 is 0 Å². The molecule has 94 valence electrons. The highest BCUT2D eigenvalue weighted by atomic mass is 15.5. The van der Waals surface area contributed by atoms with Crippen LogP contribution in [0.3, 0.4) is 0 Å². The van der Waals surface area contributed by atoms with Crippen LogP contribution in [0.2, 0.25) is 0 Å². The van der Waals surface area contributed by atoms with Crippen LogP contribution in [0.4, 0.5) is 0 Å². The summed E-state index contributed by atoms with van der Waals surface area (Å²) in [4.78, 5) is 4.80. The van der Waals surface area contributed by atoms with E-state index < -0.39 is 0 Å². The minimum Gasteiger partial charge on any atom is -0.317 e. The lowest BCUT2D eigenvalue weighted by molar-refractivity contribution is 0.594. The highest BCUT2D eigenvalue weighted by molar-refractivity contribution is 5.57. The zero-order chi connectivity index (χ0) is 12.5. The van der Waals surface area contributed by atoms with E-state index in [1.54, 1.807) is 0 Å². The maximum atomic E-state index is 4.80. The minimum absolute atomic E-state index is 0.871. The Bertz CT molecular complexity index is 542. The lowest BCUT2D eigenvalue weighted by Crippen LogP contribution is -2.31. The largest absolute Gasteiger partial charge is 0.317 e. The van der Waals surface area contributed by atoms with Crippen molar-refractivity contribution in [1.29, 1.82) is 0 Å². The Kier molecular flexibility index (Phi) is 2.80. The van der Waals surface area contributed by atoms with E-state index in [4.69, 9.17) is 4.98 Å². The van der Waals surface area contributed by atoms with Gasteiger partial charge in [-0.15, -0.1) is 0 Å². The van der Waals surface area contributed by atoms with Gasteiger partial charge in [0.1, 0.15) is 0 Å². The molecule has 18 heavy (non-hydrogen) atoms. The quantitative estimate of drug-likeness (QED) is 0.864. The number of aromatic nitrogens is 2. The molecular formula is C14H18N4. The van der Waals surface area contributed by atoms with Gasteiger partial charge in [-0.25, -0.2) is 9.66 Å². The molecule has 2 heterocycles. The molecule has 0 aliphatic carbocycles. The summed E-state index contributed by atoms with van der Waals surface area (Å²) < 4.78 is 2.23. The summed E-state index contributed by atoms with van der Waals surface area (Å²) in [6, 6.07) is 10.4. The Morgan fingerprint density at radius 3 is 2.72 bits per heavy atom. The van der Waals surface area contributed by atoms with E-state index in [2.05, 4.69) is 53.4 Å². The van der Waals surface area contributed by atoms with Crippen molar-refractivity contribution in [2.75, 3.05) is 25.6 Å². The molecule has 0 bridgehead atoms. The fraction of sp³-hybridized carbons (Fsp3) is 0.357. The summed E-state index contributed by atoms with van der Waals surface area (Å²) in [7, 11) is 4.13. The first kappa shape index (κ1) is 11.3. The molecule has 3 rings (SSSR count). The number of rotatable bonds is 2. The lowest BCUT2D eigenvalue weighted by atomic mass is 10.2. The third-order valence-corrected chi connectivity index (χ3v) is 3.29. The van der Waals surface area contributed by atoms with Gasteiger partial charge in [-0.1, -0.05) is 30.3 Å². The fourth-order valence-corrected chi connectivity index (χ4v) is 2.50. The molecule has 0 amide bonds. The Hall–Kier alpha value is -1.81. The molecule has 1 aliphatic rings. The van der Waals surface area contributed by atoms with Crippen molar-refractivity contribution in [3.63, 3.8) is 0 Å². The Labute approximate surface area is 107 Å². The van der Waals surface area contributed by atoms with Crippen molar-refractivity contribution in [2.45, 2.75) is 13.0 Å². The Morgan fingerprint density at radius 1 is 1.22 bits per heavy atom. The van der Waals surface area contributed by atoms with Gasteiger partial charge in [-0.3, -0.25) is 0 Å². The predicted molar refractivity (Wildman–Crippen MR) is 73.1 cm³/mol. The van der Waals surface area contributed by atoms with Gasteiger partial charge in [0.15, 0.2) is 5.82 Å². The summed E-state index contributed by atoms with van der Waals surface area (Å²) in [6.45, 7) is 1.90. The molecule has 2 aromatic rings. The number of benzene rings is 1. The molecule has 0 spiro atoms. The summed E-state index contributed by atoms with van der Waals surface area (Å²) in [5, 5.41) is 5.49. The molecule has 1 aromatic heterocycles. The van der Waals surface area contributed by atoms with Gasteiger partial charge in [-0.05, 0) is 0 Å². The summed E-state index contributed by atoms with van der Waals surface area (Å²) in [6.07, 6.45) is 1.04. The predicted octanol–water partition coefficient (Wildman–Crippen LogP) is 1.39. The topological polar surface area (TPSA) is 33.1 Å². The third kappa shape index (κ3) is 1.78. The van der Waals surface area contributed by atoms with Crippen LogP contribution in [-0.4, -0.2) is 30.3 Å². The first-order valence-electron chi connectivity index (χ1n) is 6.31. The van der Waals surface area contributed by atoms with E-state index in [9.17, 15) is 0 Å². The van der Waals surface area contributed by atoms with Crippen LogP contribution in [0.25, 0.3) is 11.4 Å². The second-order valence-corrected chi connectivity index (χ2v) is 4.78. The zero-order valence-corrected chi connectivity index (χ0v) is 10.8. The highest BCUT2D eigenvalue weighted by Crippen LogP contribution is 2.24. The molecule has 0 radical (unpaired) electrons. The lowest BCUT2D eigenvalue weighted by Gasteiger charge is -2.22. The minimum atomic E-state index is 0.871. The summed E-state index contributed by atoms with van der Waals surface area (Å²) in [5.41, 5.74) is 3.67. The summed E-state index contributed by atoms with van der Waals surface area (Å²) in [5.74, 6) is 1.04. The smallest absolute Gasteiger partial charge is 0.159 e. The standard InChI is InChI=1S/C14H18N4/c1-17(2)18-13-8-9-15-10-12(13)16-14(18)11-6-4-3-5-7-11/h3-7,15H,8-10H2,1-2H3. The molecule has 0 saturated heterocycles. The van der Waals surface area contributed by atoms with Gasteiger partial charge < -0.3 is 10.3 Å². The first-order valence-corrected chi connectivity index (χ1v) is 6.31. The number of nitrogens with one attached hydrogen (secondary N) is 1. The van der Waals surface area contributed by atoms with Gasteiger partial charge in [0.05, 0.1) is 11.4 Å². The van der Waals surface area contributed by atoms with Crippen molar-refractivity contribution in [3.8, 4) is 11.4 Å². The van der Waals surface area contributed by atoms with Gasteiger partial charge in [0.2, 0.25) is 0 Å². The van der Waals surface area contributed by atoms with E-state index in [0.29, 0.717) is 0 Å². The van der Waals surface area contributed by atoms with Crippen LogP contribution in [0.15, 0.2) is 30.3 Å². The molecule has 0 saturated carbocycles. The Morgan fingerprint density at radius 2 is 2.00 bits per heavy atom. The van der Waals surface area contributed by atoms with E-state index in [1.165, 1.54) is 17.0 Å². The van der Waals surface area contributed by atoms with E-state index in [1.807, 2.05) is 6.07 Å². The molecule has 0 unspecified atom stereocenters. The second kappa shape index (κ2) is 4.46. The molecule has 4 heteroatoms. The molecule has 0 fully saturated rings. The van der Waals surface area contributed by atoms with Crippen molar-refractivity contribution < 1.29 is 0 Å². The first-order chi connectivity index (χ1) is 8.77. The van der Waals surface area contributed by atoms with Crippen molar-refractivity contribution in [2.24, 2.45) is 0 Å². The van der Waals surface area contributed by atoms with Gasteiger partial charge >= 0.3 is 0 Å². The fourth-order valence-electron chi connectivity index (χ4n) is 2.50.